The van der Waals surface area contributed by atoms with Crippen molar-refractivity contribution in [3.05, 3.63) is 61.2 Å². The second kappa shape index (κ2) is 8.55. The van der Waals surface area contributed by atoms with E-state index in [9.17, 15) is 4.79 Å². The molecule has 0 aliphatic rings. The standard InChI is InChI=1S/C18H23N5OS2/c1-11-6-15(26-13(11)3)7-14-8-20-18(23-17(14)24)19-4-5-25-9-16-12(2)21-10-22-16/h6,8,10H,4-5,7,9H2,1-3H3,(H,21,22)(H2,19,20,23,24). The van der Waals surface area contributed by atoms with Crippen molar-refractivity contribution in [2.75, 3.05) is 17.6 Å². The number of hydrogen-bond acceptors (Lipinski definition) is 6. The maximum atomic E-state index is 12.3. The molecule has 138 valence electrons. The maximum absolute atomic E-state index is 12.3. The Morgan fingerprint density at radius 2 is 2.12 bits per heavy atom. The zero-order valence-electron chi connectivity index (χ0n) is 15.2. The Labute approximate surface area is 160 Å². The van der Waals surface area contributed by atoms with Crippen LogP contribution in [0, 0.1) is 20.8 Å². The number of thioether (sulfide) groups is 1. The SMILES string of the molecule is Cc1cc(Cc2cnc(NCCSCc3nc[nH]c3C)[nH]c2=O)sc1C. The molecule has 0 saturated heterocycles. The van der Waals surface area contributed by atoms with E-state index in [1.54, 1.807) is 35.6 Å². The van der Waals surface area contributed by atoms with Gasteiger partial charge in [-0.2, -0.15) is 11.8 Å². The molecule has 0 radical (unpaired) electrons. The van der Waals surface area contributed by atoms with Gasteiger partial charge in [0.05, 0.1) is 12.0 Å². The summed E-state index contributed by atoms with van der Waals surface area (Å²) in [5.74, 6) is 2.30. The summed E-state index contributed by atoms with van der Waals surface area (Å²) in [7, 11) is 0. The number of nitrogens with zero attached hydrogens (tertiary/aromatic N) is 2. The average molecular weight is 390 g/mol. The monoisotopic (exact) mass is 389 g/mol. The topological polar surface area (TPSA) is 86.5 Å². The largest absolute Gasteiger partial charge is 0.355 e. The molecule has 0 aromatic carbocycles. The van der Waals surface area contributed by atoms with Gasteiger partial charge in [-0.1, -0.05) is 0 Å². The summed E-state index contributed by atoms with van der Waals surface area (Å²) in [6.07, 6.45) is 4.02. The molecule has 6 nitrogen and oxygen atoms in total. The molecule has 0 saturated carbocycles. The van der Waals surface area contributed by atoms with Crippen molar-refractivity contribution >= 4 is 29.0 Å². The van der Waals surface area contributed by atoms with Gasteiger partial charge in [-0.05, 0) is 32.4 Å². The van der Waals surface area contributed by atoms with Crippen molar-refractivity contribution in [1.29, 1.82) is 0 Å². The summed E-state index contributed by atoms with van der Waals surface area (Å²) in [6, 6.07) is 2.14. The van der Waals surface area contributed by atoms with Crippen LogP contribution < -0.4 is 10.9 Å². The molecule has 8 heteroatoms. The van der Waals surface area contributed by atoms with E-state index in [4.69, 9.17) is 0 Å². The van der Waals surface area contributed by atoms with Crippen LogP contribution in [0.15, 0.2) is 23.4 Å². The van der Waals surface area contributed by atoms with Crippen molar-refractivity contribution in [2.24, 2.45) is 0 Å². The number of thiophene rings is 1. The Morgan fingerprint density at radius 3 is 2.77 bits per heavy atom. The molecule has 0 amide bonds. The summed E-state index contributed by atoms with van der Waals surface area (Å²) in [6.45, 7) is 6.95. The molecule has 3 aromatic rings. The van der Waals surface area contributed by atoms with Crippen molar-refractivity contribution < 1.29 is 0 Å². The minimum Gasteiger partial charge on any atom is -0.355 e. The molecule has 0 aliphatic heterocycles. The van der Waals surface area contributed by atoms with Gasteiger partial charge >= 0.3 is 0 Å². The van der Waals surface area contributed by atoms with E-state index in [0.717, 1.165) is 29.4 Å². The highest BCUT2D eigenvalue weighted by Gasteiger charge is 2.07. The summed E-state index contributed by atoms with van der Waals surface area (Å²) in [4.78, 5) is 29.3. The Bertz CT molecular complexity index is 908. The molecule has 0 bridgehead atoms. The van der Waals surface area contributed by atoms with Crippen LogP contribution in [0.2, 0.25) is 0 Å². The molecule has 0 aliphatic carbocycles. The van der Waals surface area contributed by atoms with E-state index in [0.29, 0.717) is 17.9 Å². The fourth-order valence-electron chi connectivity index (χ4n) is 2.50. The molecule has 3 N–H and O–H groups in total. The van der Waals surface area contributed by atoms with E-state index in [1.807, 2.05) is 6.92 Å². The van der Waals surface area contributed by atoms with Crippen LogP contribution in [0.3, 0.4) is 0 Å². The van der Waals surface area contributed by atoms with Crippen LogP contribution >= 0.6 is 23.1 Å². The van der Waals surface area contributed by atoms with Gasteiger partial charge in [-0.3, -0.25) is 9.78 Å². The number of aryl methyl sites for hydroxylation is 3. The summed E-state index contributed by atoms with van der Waals surface area (Å²) in [5, 5.41) is 3.17. The highest BCUT2D eigenvalue weighted by Crippen LogP contribution is 2.22. The lowest BCUT2D eigenvalue weighted by atomic mass is 10.2. The predicted octanol–water partition coefficient (Wildman–Crippen LogP) is 3.42. The van der Waals surface area contributed by atoms with E-state index in [1.165, 1.54) is 15.3 Å². The molecular weight excluding hydrogens is 366 g/mol. The van der Waals surface area contributed by atoms with Crippen LogP contribution in [0.5, 0.6) is 0 Å². The molecular formula is C18H23N5OS2. The minimum atomic E-state index is -0.0778. The van der Waals surface area contributed by atoms with Gasteiger partial charge in [0.15, 0.2) is 0 Å². The Balaban J connectivity index is 1.48. The van der Waals surface area contributed by atoms with Gasteiger partial charge in [-0.25, -0.2) is 9.97 Å². The van der Waals surface area contributed by atoms with E-state index in [-0.39, 0.29) is 5.56 Å². The Morgan fingerprint density at radius 1 is 1.27 bits per heavy atom. The second-order valence-electron chi connectivity index (χ2n) is 6.17. The molecule has 3 rings (SSSR count). The number of aromatic nitrogens is 4. The van der Waals surface area contributed by atoms with Gasteiger partial charge in [-0.15, -0.1) is 11.3 Å². The van der Waals surface area contributed by atoms with Gasteiger partial charge in [0.1, 0.15) is 0 Å². The molecule has 3 heterocycles. The zero-order chi connectivity index (χ0) is 18.5. The Hall–Kier alpha value is -2.06. The highest BCUT2D eigenvalue weighted by molar-refractivity contribution is 7.98. The minimum absolute atomic E-state index is 0.0778. The number of H-pyrrole nitrogens is 2. The van der Waals surface area contributed by atoms with Gasteiger partial charge < -0.3 is 10.3 Å². The number of rotatable bonds is 8. The molecule has 0 atom stereocenters. The first-order valence-electron chi connectivity index (χ1n) is 8.47. The van der Waals surface area contributed by atoms with Crippen molar-refractivity contribution in [3.63, 3.8) is 0 Å². The van der Waals surface area contributed by atoms with Gasteiger partial charge in [0.25, 0.3) is 5.56 Å². The lowest BCUT2D eigenvalue weighted by molar-refractivity contribution is 1.01. The number of imidazole rings is 1. The summed E-state index contributed by atoms with van der Waals surface area (Å²) < 4.78 is 0. The predicted molar refractivity (Wildman–Crippen MR) is 109 cm³/mol. The van der Waals surface area contributed by atoms with Crippen LogP contribution in [-0.2, 0) is 12.2 Å². The molecule has 26 heavy (non-hydrogen) atoms. The lowest BCUT2D eigenvalue weighted by Gasteiger charge is -2.06. The molecule has 0 fully saturated rings. The number of aromatic amines is 2. The fourth-order valence-corrected chi connectivity index (χ4v) is 4.46. The number of hydrogen-bond donors (Lipinski definition) is 3. The van der Waals surface area contributed by atoms with Crippen molar-refractivity contribution in [2.45, 2.75) is 32.9 Å². The van der Waals surface area contributed by atoms with Gasteiger partial charge in [0.2, 0.25) is 5.95 Å². The zero-order valence-corrected chi connectivity index (χ0v) is 16.8. The third-order valence-electron chi connectivity index (χ3n) is 4.17. The molecule has 0 spiro atoms. The summed E-state index contributed by atoms with van der Waals surface area (Å²) >= 11 is 3.53. The average Bonchev–Trinajstić information content (AvgIpc) is 3.15. The third-order valence-corrected chi connectivity index (χ3v) is 6.29. The molecule has 3 aromatic heterocycles. The second-order valence-corrected chi connectivity index (χ2v) is 8.61. The van der Waals surface area contributed by atoms with E-state index >= 15 is 0 Å². The van der Waals surface area contributed by atoms with Crippen molar-refractivity contribution in [3.8, 4) is 0 Å². The first kappa shape index (κ1) is 18.7. The first-order valence-corrected chi connectivity index (χ1v) is 10.4. The quantitative estimate of drug-likeness (QED) is 0.514. The number of nitrogens with one attached hydrogen (secondary N) is 3. The summed E-state index contributed by atoms with van der Waals surface area (Å²) in [5.41, 5.74) is 4.09. The van der Waals surface area contributed by atoms with Crippen molar-refractivity contribution in [1.82, 2.24) is 19.9 Å². The van der Waals surface area contributed by atoms with E-state index < -0.39 is 0 Å². The van der Waals surface area contributed by atoms with E-state index in [2.05, 4.69) is 45.2 Å². The van der Waals surface area contributed by atoms with Crippen LogP contribution in [0.1, 0.15) is 32.3 Å². The van der Waals surface area contributed by atoms with Gasteiger partial charge in [0, 0.05) is 51.7 Å². The number of anilines is 1. The van der Waals surface area contributed by atoms with Crippen LogP contribution in [-0.4, -0.2) is 32.2 Å². The maximum Gasteiger partial charge on any atom is 0.255 e. The lowest BCUT2D eigenvalue weighted by Crippen LogP contribution is -2.18. The third kappa shape index (κ3) is 4.76. The van der Waals surface area contributed by atoms with Crippen LogP contribution in [0.25, 0.3) is 0 Å². The Kier molecular flexibility index (Phi) is 6.16. The fraction of sp³-hybridized carbons (Fsp3) is 0.389. The smallest absolute Gasteiger partial charge is 0.255 e. The first-order chi connectivity index (χ1) is 12.5. The normalized spacial score (nSPS) is 11.0. The highest BCUT2D eigenvalue weighted by atomic mass is 32.2. The van der Waals surface area contributed by atoms with Crippen LogP contribution in [0.4, 0.5) is 5.95 Å². The molecule has 0 unspecified atom stereocenters.